The number of hydrogen-bond donors (Lipinski definition) is 2. The van der Waals surface area contributed by atoms with Crippen LogP contribution in [-0.2, 0) is 4.79 Å². The van der Waals surface area contributed by atoms with Crippen molar-refractivity contribution in [3.05, 3.63) is 35.6 Å². The van der Waals surface area contributed by atoms with Crippen LogP contribution in [0, 0.1) is 5.92 Å². The van der Waals surface area contributed by atoms with E-state index in [1.807, 2.05) is 12.2 Å². The summed E-state index contributed by atoms with van der Waals surface area (Å²) in [6.07, 6.45) is 8.32. The van der Waals surface area contributed by atoms with Crippen molar-refractivity contribution in [3.8, 4) is 0 Å². The second-order valence-electron chi connectivity index (χ2n) is 3.22. The fourth-order valence-electron chi connectivity index (χ4n) is 1.80. The van der Waals surface area contributed by atoms with Crippen LogP contribution in [0.5, 0.6) is 0 Å². The van der Waals surface area contributed by atoms with E-state index >= 15 is 0 Å². The van der Waals surface area contributed by atoms with Gasteiger partial charge in [0, 0.05) is 11.5 Å². The monoisotopic (exact) mass is 177 g/mol. The van der Waals surface area contributed by atoms with Gasteiger partial charge in [0.2, 0.25) is 0 Å². The van der Waals surface area contributed by atoms with Gasteiger partial charge in [-0.25, -0.2) is 0 Å². The molecule has 0 bridgehead atoms. The topological polar surface area (TPSA) is 49.3 Å². The van der Waals surface area contributed by atoms with E-state index in [1.165, 1.54) is 0 Å². The third-order valence-corrected chi connectivity index (χ3v) is 2.52. The molecule has 1 aliphatic heterocycles. The number of aldehydes is 1. The molecular formula is C10H11NO2. The molecule has 2 rings (SSSR count). The lowest BCUT2D eigenvalue weighted by molar-refractivity contribution is -0.105. The molecule has 0 aromatic rings. The van der Waals surface area contributed by atoms with Crippen molar-refractivity contribution in [2.24, 2.45) is 5.92 Å². The number of carbonyl (C=O) groups excluding carboxylic acids is 1. The van der Waals surface area contributed by atoms with Crippen LogP contribution < -0.4 is 5.32 Å². The van der Waals surface area contributed by atoms with Gasteiger partial charge in [-0.1, -0.05) is 18.2 Å². The molecule has 3 nitrogen and oxygen atoms in total. The van der Waals surface area contributed by atoms with Crippen LogP contribution in [0.15, 0.2) is 35.6 Å². The Morgan fingerprint density at radius 1 is 1.62 bits per heavy atom. The lowest BCUT2D eigenvalue weighted by Crippen LogP contribution is -2.31. The zero-order valence-electron chi connectivity index (χ0n) is 7.10. The highest BCUT2D eigenvalue weighted by molar-refractivity contribution is 5.77. The maximum Gasteiger partial charge on any atom is 0.148 e. The Balaban J connectivity index is 2.25. The Bertz CT molecular complexity index is 315. The minimum absolute atomic E-state index is 0.0321. The van der Waals surface area contributed by atoms with Crippen LogP contribution in [0.2, 0.25) is 0 Å². The van der Waals surface area contributed by atoms with E-state index in [4.69, 9.17) is 5.11 Å². The Labute approximate surface area is 76.4 Å². The van der Waals surface area contributed by atoms with Crippen molar-refractivity contribution in [1.82, 2.24) is 5.32 Å². The van der Waals surface area contributed by atoms with Gasteiger partial charge in [0.15, 0.2) is 0 Å². The first-order valence-electron chi connectivity index (χ1n) is 4.26. The van der Waals surface area contributed by atoms with Crippen molar-refractivity contribution < 1.29 is 9.90 Å². The first kappa shape index (κ1) is 8.26. The number of carbonyl (C=O) groups is 1. The highest BCUT2D eigenvalue weighted by Crippen LogP contribution is 2.28. The Morgan fingerprint density at radius 3 is 3.15 bits per heavy atom. The molecule has 0 saturated heterocycles. The molecule has 0 aromatic carbocycles. The molecular weight excluding hydrogens is 166 g/mol. The van der Waals surface area contributed by atoms with E-state index in [0.29, 0.717) is 0 Å². The SMILES string of the molecule is O=CC1=CC=CC2C(CO)=CNC12. The number of fused-ring (bicyclic) bond motifs is 1. The molecule has 2 N–H and O–H groups in total. The molecule has 0 aromatic heterocycles. The van der Waals surface area contributed by atoms with Gasteiger partial charge in [-0.3, -0.25) is 4.79 Å². The molecule has 2 aliphatic rings. The molecule has 3 heteroatoms. The highest BCUT2D eigenvalue weighted by atomic mass is 16.3. The summed E-state index contributed by atoms with van der Waals surface area (Å²) in [4.78, 5) is 10.7. The summed E-state index contributed by atoms with van der Waals surface area (Å²) in [6, 6.07) is 0.0321. The van der Waals surface area contributed by atoms with Crippen LogP contribution in [0.1, 0.15) is 0 Å². The summed E-state index contributed by atoms with van der Waals surface area (Å²) in [5.41, 5.74) is 1.68. The molecule has 13 heavy (non-hydrogen) atoms. The van der Waals surface area contributed by atoms with Gasteiger partial charge in [0.25, 0.3) is 0 Å². The quantitative estimate of drug-likeness (QED) is 0.590. The molecule has 0 fully saturated rings. The lowest BCUT2D eigenvalue weighted by Gasteiger charge is -2.21. The van der Waals surface area contributed by atoms with Crippen LogP contribution >= 0.6 is 0 Å². The van der Waals surface area contributed by atoms with E-state index in [9.17, 15) is 4.79 Å². The Hall–Kier alpha value is -1.35. The Morgan fingerprint density at radius 2 is 2.46 bits per heavy atom. The standard InChI is InChI=1S/C10H11NO2/c12-5-7-2-1-3-9-8(6-13)4-11-10(7)9/h1-5,9-11,13H,6H2. The van der Waals surface area contributed by atoms with Crippen molar-refractivity contribution >= 4 is 6.29 Å². The zero-order chi connectivity index (χ0) is 9.26. The molecule has 0 spiro atoms. The van der Waals surface area contributed by atoms with Gasteiger partial charge in [0.1, 0.15) is 6.29 Å². The van der Waals surface area contributed by atoms with Crippen molar-refractivity contribution in [1.29, 1.82) is 0 Å². The van der Waals surface area contributed by atoms with Gasteiger partial charge in [-0.05, 0) is 11.8 Å². The maximum absolute atomic E-state index is 10.7. The smallest absolute Gasteiger partial charge is 0.148 e. The number of allylic oxidation sites excluding steroid dienone is 2. The summed E-state index contributed by atoms with van der Waals surface area (Å²) in [7, 11) is 0. The third-order valence-electron chi connectivity index (χ3n) is 2.52. The minimum Gasteiger partial charge on any atom is -0.392 e. The maximum atomic E-state index is 10.7. The van der Waals surface area contributed by atoms with E-state index < -0.39 is 0 Å². The van der Waals surface area contributed by atoms with Crippen LogP contribution in [0.4, 0.5) is 0 Å². The van der Waals surface area contributed by atoms with E-state index in [1.54, 1.807) is 12.3 Å². The van der Waals surface area contributed by atoms with Gasteiger partial charge in [-0.2, -0.15) is 0 Å². The fourth-order valence-corrected chi connectivity index (χ4v) is 1.80. The molecule has 0 radical (unpaired) electrons. The fraction of sp³-hybridized carbons (Fsp3) is 0.300. The molecule has 1 aliphatic carbocycles. The predicted molar refractivity (Wildman–Crippen MR) is 48.9 cm³/mol. The van der Waals surface area contributed by atoms with Crippen molar-refractivity contribution in [2.75, 3.05) is 6.61 Å². The number of rotatable bonds is 2. The summed E-state index contributed by atoms with van der Waals surface area (Å²) in [5, 5.41) is 12.1. The lowest BCUT2D eigenvalue weighted by atomic mass is 9.87. The molecule has 0 amide bonds. The molecule has 1 heterocycles. The second kappa shape index (κ2) is 3.18. The second-order valence-corrected chi connectivity index (χ2v) is 3.22. The highest BCUT2D eigenvalue weighted by Gasteiger charge is 2.30. The summed E-state index contributed by atoms with van der Waals surface area (Å²) in [6.45, 7) is 0.0463. The number of aliphatic hydroxyl groups is 1. The van der Waals surface area contributed by atoms with Gasteiger partial charge in [-0.15, -0.1) is 0 Å². The van der Waals surface area contributed by atoms with E-state index in [2.05, 4.69) is 5.32 Å². The third kappa shape index (κ3) is 1.21. The average molecular weight is 177 g/mol. The zero-order valence-corrected chi connectivity index (χ0v) is 7.10. The summed E-state index contributed by atoms with van der Waals surface area (Å²) < 4.78 is 0. The van der Waals surface area contributed by atoms with Gasteiger partial charge in [0.05, 0.1) is 12.6 Å². The summed E-state index contributed by atoms with van der Waals surface area (Å²) in [5.74, 6) is 0.148. The Kier molecular flexibility index (Phi) is 2.02. The first-order chi connectivity index (χ1) is 6.36. The minimum atomic E-state index is 0.0321. The normalized spacial score (nSPS) is 30.2. The largest absolute Gasteiger partial charge is 0.392 e. The van der Waals surface area contributed by atoms with Gasteiger partial charge >= 0.3 is 0 Å². The van der Waals surface area contributed by atoms with Crippen LogP contribution in [0.25, 0.3) is 0 Å². The average Bonchev–Trinajstić information content (AvgIpc) is 2.60. The van der Waals surface area contributed by atoms with E-state index in [-0.39, 0.29) is 18.6 Å². The predicted octanol–water partition coefficient (Wildman–Crippen LogP) is 0.146. The number of hydrogen-bond acceptors (Lipinski definition) is 3. The molecule has 2 atom stereocenters. The van der Waals surface area contributed by atoms with E-state index in [0.717, 1.165) is 17.4 Å². The van der Waals surface area contributed by atoms with Crippen molar-refractivity contribution in [3.63, 3.8) is 0 Å². The first-order valence-corrected chi connectivity index (χ1v) is 4.26. The van der Waals surface area contributed by atoms with Crippen molar-refractivity contribution in [2.45, 2.75) is 6.04 Å². The van der Waals surface area contributed by atoms with Crippen LogP contribution in [-0.4, -0.2) is 24.0 Å². The number of aliphatic hydroxyl groups excluding tert-OH is 1. The molecule has 68 valence electrons. The summed E-state index contributed by atoms with van der Waals surface area (Å²) >= 11 is 0. The molecule has 2 unspecified atom stereocenters. The number of nitrogens with one attached hydrogen (secondary N) is 1. The van der Waals surface area contributed by atoms with Crippen LogP contribution in [0.3, 0.4) is 0 Å². The van der Waals surface area contributed by atoms with Gasteiger partial charge < -0.3 is 10.4 Å². The molecule has 0 saturated carbocycles.